The van der Waals surface area contributed by atoms with Crippen LogP contribution in [-0.2, 0) is 0 Å². The molecule has 8 aromatic carbocycles. The maximum Gasteiger partial charge on any atom is 0.160 e. The zero-order chi connectivity index (χ0) is 35.6. The number of hydrogen-bond acceptors (Lipinski definition) is 3. The minimum absolute atomic E-state index is 0.708. The monoisotopic (exact) mass is 689 g/mol. The molecule has 0 N–H and O–H groups in total. The Labute approximate surface area is 311 Å². The molecule has 0 spiro atoms. The van der Waals surface area contributed by atoms with Crippen molar-refractivity contribution < 1.29 is 4.42 Å². The van der Waals surface area contributed by atoms with E-state index in [2.05, 4.69) is 168 Å². The average molecular weight is 690 g/mol. The molecule has 4 heteroatoms. The van der Waals surface area contributed by atoms with Crippen LogP contribution < -0.4 is 0 Å². The molecule has 0 fully saturated rings. The van der Waals surface area contributed by atoms with Gasteiger partial charge in [0.05, 0.1) is 22.2 Å². The Morgan fingerprint density at radius 1 is 0.389 bits per heavy atom. The van der Waals surface area contributed by atoms with E-state index in [1.807, 2.05) is 24.3 Å². The molecule has 252 valence electrons. The molecule has 11 rings (SSSR count). The first-order chi connectivity index (χ1) is 26.8. The van der Waals surface area contributed by atoms with Gasteiger partial charge in [0.15, 0.2) is 5.82 Å². The van der Waals surface area contributed by atoms with E-state index in [0.717, 1.165) is 77.6 Å². The van der Waals surface area contributed by atoms with E-state index in [4.69, 9.17) is 14.4 Å². The van der Waals surface area contributed by atoms with Gasteiger partial charge in [0, 0.05) is 43.7 Å². The van der Waals surface area contributed by atoms with Crippen LogP contribution in [0.5, 0.6) is 0 Å². The molecule has 0 saturated heterocycles. The number of furan rings is 1. The number of para-hydroxylation sites is 2. The molecule has 0 aliphatic heterocycles. The largest absolute Gasteiger partial charge is 0.456 e. The van der Waals surface area contributed by atoms with Crippen LogP contribution in [0.15, 0.2) is 192 Å². The van der Waals surface area contributed by atoms with Crippen molar-refractivity contribution in [2.24, 2.45) is 0 Å². The predicted octanol–water partition coefficient (Wildman–Crippen LogP) is 13.3. The van der Waals surface area contributed by atoms with E-state index < -0.39 is 0 Å². The third-order valence-corrected chi connectivity index (χ3v) is 10.6. The molecule has 0 atom stereocenters. The molecule has 0 bridgehead atoms. The highest BCUT2D eigenvalue weighted by Crippen LogP contribution is 2.41. The number of rotatable bonds is 5. The van der Waals surface area contributed by atoms with Crippen molar-refractivity contribution in [2.45, 2.75) is 0 Å². The van der Waals surface area contributed by atoms with Crippen molar-refractivity contribution in [2.75, 3.05) is 0 Å². The maximum atomic E-state index is 6.50. The highest BCUT2D eigenvalue weighted by atomic mass is 16.3. The van der Waals surface area contributed by atoms with Crippen LogP contribution >= 0.6 is 0 Å². The van der Waals surface area contributed by atoms with Crippen LogP contribution in [0.4, 0.5) is 0 Å². The van der Waals surface area contributed by atoms with Gasteiger partial charge in [0.25, 0.3) is 0 Å². The van der Waals surface area contributed by atoms with E-state index in [9.17, 15) is 0 Å². The minimum atomic E-state index is 0.708. The van der Waals surface area contributed by atoms with Gasteiger partial charge in [0.2, 0.25) is 0 Å². The van der Waals surface area contributed by atoms with Crippen LogP contribution in [0, 0.1) is 0 Å². The lowest BCUT2D eigenvalue weighted by Gasteiger charge is -2.11. The van der Waals surface area contributed by atoms with Gasteiger partial charge in [-0.1, -0.05) is 127 Å². The molecular weight excluding hydrogens is 659 g/mol. The van der Waals surface area contributed by atoms with Crippen LogP contribution in [0.3, 0.4) is 0 Å². The van der Waals surface area contributed by atoms with E-state index in [0.29, 0.717) is 5.82 Å². The Bertz CT molecular complexity index is 3200. The van der Waals surface area contributed by atoms with Gasteiger partial charge in [-0.05, 0) is 82.9 Å². The fourth-order valence-electron chi connectivity index (χ4n) is 8.08. The van der Waals surface area contributed by atoms with E-state index in [1.54, 1.807) is 0 Å². The number of nitrogens with zero attached hydrogens (tertiary/aromatic N) is 3. The van der Waals surface area contributed by atoms with Gasteiger partial charge < -0.3 is 8.98 Å². The van der Waals surface area contributed by atoms with Crippen molar-refractivity contribution >= 4 is 54.6 Å². The van der Waals surface area contributed by atoms with Gasteiger partial charge >= 0.3 is 0 Å². The number of hydrogen-bond donors (Lipinski definition) is 0. The predicted molar refractivity (Wildman–Crippen MR) is 223 cm³/mol. The van der Waals surface area contributed by atoms with Crippen LogP contribution in [0.2, 0.25) is 0 Å². The van der Waals surface area contributed by atoms with Gasteiger partial charge in [0.1, 0.15) is 11.2 Å². The SMILES string of the molecule is c1ccc(-c2nc(-c3ccccc3)c3ccc(-c4cccc5oc6ccc(-c7ccc8c(c7)c7ccccc7n8-c7ccccc7)cc6c45)cc3n2)cc1. The fraction of sp³-hybridized carbons (Fsp3) is 0. The van der Waals surface area contributed by atoms with Gasteiger partial charge in [-0.15, -0.1) is 0 Å². The summed E-state index contributed by atoms with van der Waals surface area (Å²) in [5.74, 6) is 0.708. The summed E-state index contributed by atoms with van der Waals surface area (Å²) in [6.07, 6.45) is 0. The smallest absolute Gasteiger partial charge is 0.160 e. The maximum absolute atomic E-state index is 6.50. The molecule has 0 aliphatic carbocycles. The molecule has 3 heterocycles. The lowest BCUT2D eigenvalue weighted by atomic mass is 9.95. The van der Waals surface area contributed by atoms with Crippen molar-refractivity contribution in [1.29, 1.82) is 0 Å². The van der Waals surface area contributed by atoms with Crippen molar-refractivity contribution in [3.63, 3.8) is 0 Å². The van der Waals surface area contributed by atoms with Gasteiger partial charge in [-0.2, -0.15) is 0 Å². The number of aromatic nitrogens is 3. The van der Waals surface area contributed by atoms with Gasteiger partial charge in [-0.3, -0.25) is 0 Å². The second-order valence-electron chi connectivity index (χ2n) is 13.8. The molecule has 0 radical (unpaired) electrons. The molecule has 0 amide bonds. The van der Waals surface area contributed by atoms with E-state index in [-0.39, 0.29) is 0 Å². The van der Waals surface area contributed by atoms with E-state index in [1.165, 1.54) is 21.8 Å². The second kappa shape index (κ2) is 12.1. The summed E-state index contributed by atoms with van der Waals surface area (Å²) >= 11 is 0. The molecule has 0 saturated carbocycles. The quantitative estimate of drug-likeness (QED) is 0.181. The summed E-state index contributed by atoms with van der Waals surface area (Å²) in [6, 6.07) is 66.1. The Morgan fingerprint density at radius 2 is 1.06 bits per heavy atom. The number of fused-ring (bicyclic) bond motifs is 7. The van der Waals surface area contributed by atoms with Crippen molar-refractivity contribution in [3.8, 4) is 50.6 Å². The summed E-state index contributed by atoms with van der Waals surface area (Å²) in [6.45, 7) is 0. The molecule has 4 nitrogen and oxygen atoms in total. The zero-order valence-electron chi connectivity index (χ0n) is 29.1. The highest BCUT2D eigenvalue weighted by Gasteiger charge is 2.18. The third-order valence-electron chi connectivity index (χ3n) is 10.6. The van der Waals surface area contributed by atoms with Crippen molar-refractivity contribution in [1.82, 2.24) is 14.5 Å². The van der Waals surface area contributed by atoms with Crippen molar-refractivity contribution in [3.05, 3.63) is 188 Å². The van der Waals surface area contributed by atoms with Crippen LogP contribution in [-0.4, -0.2) is 14.5 Å². The molecule has 0 aliphatic rings. The molecule has 11 aromatic rings. The zero-order valence-corrected chi connectivity index (χ0v) is 29.1. The van der Waals surface area contributed by atoms with Crippen LogP contribution in [0.25, 0.3) is 105 Å². The molecular formula is C50H31N3O. The van der Waals surface area contributed by atoms with Crippen LogP contribution in [0.1, 0.15) is 0 Å². The highest BCUT2D eigenvalue weighted by molar-refractivity contribution is 6.15. The topological polar surface area (TPSA) is 43.9 Å². The Morgan fingerprint density at radius 3 is 1.87 bits per heavy atom. The summed E-state index contributed by atoms with van der Waals surface area (Å²) in [4.78, 5) is 10.2. The second-order valence-corrected chi connectivity index (χ2v) is 13.8. The average Bonchev–Trinajstić information content (AvgIpc) is 3.79. The molecule has 0 unspecified atom stereocenters. The molecule has 3 aromatic heterocycles. The standard InChI is InChI=1S/C50H31N3O/c1-4-13-32(14-5-1)49-40-26-23-36(31-43(40)51-50(52-49)33-15-6-2-7-16-33)38-20-12-22-47-48(38)42-30-35(25-28-46(42)54-47)34-24-27-45-41(29-34)39-19-10-11-21-44(39)53(45)37-17-8-3-9-18-37/h1-31H. The summed E-state index contributed by atoms with van der Waals surface area (Å²) in [5.41, 5.74) is 13.6. The summed E-state index contributed by atoms with van der Waals surface area (Å²) in [7, 11) is 0. The Balaban J connectivity index is 1.08. The fourth-order valence-corrected chi connectivity index (χ4v) is 8.08. The lowest BCUT2D eigenvalue weighted by molar-refractivity contribution is 0.669. The number of benzene rings is 8. The third kappa shape index (κ3) is 4.85. The normalized spacial score (nSPS) is 11.7. The lowest BCUT2D eigenvalue weighted by Crippen LogP contribution is -1.95. The Hall–Kier alpha value is -7.30. The minimum Gasteiger partial charge on any atom is -0.456 e. The molecule has 54 heavy (non-hydrogen) atoms. The first-order valence-electron chi connectivity index (χ1n) is 18.2. The first-order valence-corrected chi connectivity index (χ1v) is 18.2. The summed E-state index contributed by atoms with van der Waals surface area (Å²) < 4.78 is 8.85. The summed E-state index contributed by atoms with van der Waals surface area (Å²) in [5, 5.41) is 5.66. The van der Waals surface area contributed by atoms with Gasteiger partial charge in [-0.25, -0.2) is 9.97 Å². The first kappa shape index (κ1) is 30.3. The van der Waals surface area contributed by atoms with E-state index >= 15 is 0 Å². The Kier molecular flexibility index (Phi) is 6.82.